The second-order valence-electron chi connectivity index (χ2n) is 2.33. The van der Waals surface area contributed by atoms with Crippen molar-refractivity contribution in [1.82, 2.24) is 0 Å². The number of aryl methyl sites for hydroxylation is 1. The van der Waals surface area contributed by atoms with Gasteiger partial charge in [0.2, 0.25) is 10.9 Å². The number of thiol groups is 1. The summed E-state index contributed by atoms with van der Waals surface area (Å²) < 4.78 is 23.9. The number of benzene rings is 1. The van der Waals surface area contributed by atoms with E-state index in [0.717, 1.165) is 9.13 Å². The fraction of sp³-hybridized carbons (Fsp3) is 0.143. The fourth-order valence-electron chi connectivity index (χ4n) is 0.768. The summed E-state index contributed by atoms with van der Waals surface area (Å²) in [6, 6.07) is 5.41. The third-order valence-corrected chi connectivity index (χ3v) is 3.00. The zero-order valence-electron chi connectivity index (χ0n) is 7.37. The predicted octanol–water partition coefficient (Wildman–Crippen LogP) is 1.16. The van der Waals surface area contributed by atoms with Crippen LogP contribution in [0.4, 0.5) is 5.69 Å². The molecule has 0 atom stereocenters. The van der Waals surface area contributed by atoms with Gasteiger partial charge >= 0.3 is 0 Å². The Bertz CT molecular complexity index is 360. The van der Waals surface area contributed by atoms with Crippen molar-refractivity contribution in [2.24, 2.45) is 0 Å². The average Bonchev–Trinajstić information content (AvgIpc) is 1.96. The van der Waals surface area contributed by atoms with Crippen LogP contribution in [0.2, 0.25) is 0 Å². The van der Waals surface area contributed by atoms with Crippen molar-refractivity contribution in [2.45, 2.75) is 6.92 Å². The Morgan fingerprint density at radius 1 is 1.38 bits per heavy atom. The molecule has 0 saturated heterocycles. The molecule has 1 N–H and O–H groups in total. The van der Waals surface area contributed by atoms with Crippen LogP contribution in [-0.4, -0.2) is 38.0 Å². The molecule has 0 heterocycles. The molecule has 0 aromatic heterocycles. The Hall–Kier alpha value is 0.700. The summed E-state index contributed by atoms with van der Waals surface area (Å²) in [5, 5.41) is 0. The van der Waals surface area contributed by atoms with Gasteiger partial charge in [0.25, 0.3) is 0 Å². The Balaban J connectivity index is 0.00000144. The van der Waals surface area contributed by atoms with Crippen LogP contribution in [0.5, 0.6) is 0 Å². The van der Waals surface area contributed by atoms with Crippen molar-refractivity contribution < 1.29 is 8.42 Å². The number of halogens is 1. The van der Waals surface area contributed by atoms with Crippen molar-refractivity contribution in [3.63, 3.8) is 0 Å². The second-order valence-corrected chi connectivity index (χ2v) is 4.23. The van der Waals surface area contributed by atoms with Gasteiger partial charge in [-0.1, -0.05) is 6.07 Å². The Morgan fingerprint density at radius 3 is 2.46 bits per heavy atom. The van der Waals surface area contributed by atoms with Gasteiger partial charge in [0.1, 0.15) is 0 Å². The zero-order valence-corrected chi connectivity index (χ0v) is 12.4. The molecule has 3 nitrogen and oxygen atoms in total. The first-order chi connectivity index (χ1) is 5.59. The molecule has 67 valence electrons. The van der Waals surface area contributed by atoms with Gasteiger partial charge in [-0.15, -0.1) is 0 Å². The first-order valence-corrected chi connectivity index (χ1v) is 5.52. The van der Waals surface area contributed by atoms with Crippen LogP contribution in [0.1, 0.15) is 5.56 Å². The van der Waals surface area contributed by atoms with Gasteiger partial charge in [-0.2, -0.15) is 0 Å². The second kappa shape index (κ2) is 6.23. The summed E-state index contributed by atoms with van der Waals surface area (Å²) in [6.45, 7) is 1.97. The van der Waals surface area contributed by atoms with Crippen LogP contribution in [0.15, 0.2) is 18.2 Å². The smallest absolute Gasteiger partial charge is 0.222 e. The van der Waals surface area contributed by atoms with Gasteiger partial charge < -0.3 is 0 Å². The summed E-state index contributed by atoms with van der Waals surface area (Å²) in [5.74, 6) is 0. The molecule has 1 radical (unpaired) electrons. The number of hydrogen-bond donors (Lipinski definition) is 2. The van der Waals surface area contributed by atoms with Gasteiger partial charge in [-0.05, 0) is 47.2 Å². The van der Waals surface area contributed by atoms with E-state index in [2.05, 4.69) is 27.3 Å². The summed E-state index contributed by atoms with van der Waals surface area (Å²) in [4.78, 5) is 0. The summed E-state index contributed by atoms with van der Waals surface area (Å²) in [6.07, 6.45) is 0. The largest absolute Gasteiger partial charge is 0.286 e. The van der Waals surface area contributed by atoms with E-state index in [9.17, 15) is 8.42 Å². The standard InChI is InChI=1S/C7H8INO2S.Na/c1-5-2-3-6(4-7(5)8)9-12(10)11;/h2-4,12H,1H3,(H,9,10,11);. The predicted molar refractivity (Wildman–Crippen MR) is 63.6 cm³/mol. The van der Waals surface area contributed by atoms with Crippen LogP contribution in [-0.2, 0) is 10.9 Å². The van der Waals surface area contributed by atoms with Crippen molar-refractivity contribution in [2.75, 3.05) is 4.72 Å². The number of rotatable bonds is 2. The van der Waals surface area contributed by atoms with Crippen molar-refractivity contribution in [3.8, 4) is 0 Å². The van der Waals surface area contributed by atoms with Gasteiger partial charge in [-0.3, -0.25) is 4.72 Å². The van der Waals surface area contributed by atoms with E-state index in [1.807, 2.05) is 13.0 Å². The molecule has 1 rings (SSSR count). The molecule has 0 bridgehead atoms. The van der Waals surface area contributed by atoms with E-state index in [1.54, 1.807) is 12.1 Å². The fourth-order valence-corrected chi connectivity index (χ4v) is 1.63. The van der Waals surface area contributed by atoms with Gasteiger partial charge in [0.15, 0.2) is 0 Å². The van der Waals surface area contributed by atoms with E-state index in [-0.39, 0.29) is 29.6 Å². The molecule has 1 aromatic rings. The molecule has 0 saturated carbocycles. The summed E-state index contributed by atoms with van der Waals surface area (Å²) in [5.41, 5.74) is 1.75. The molecule has 0 spiro atoms. The monoisotopic (exact) mass is 320 g/mol. The van der Waals surface area contributed by atoms with E-state index < -0.39 is 10.9 Å². The van der Waals surface area contributed by atoms with Crippen molar-refractivity contribution >= 4 is 68.7 Å². The Morgan fingerprint density at radius 2 is 2.00 bits per heavy atom. The number of hydrogen-bond acceptors (Lipinski definition) is 2. The molecule has 0 aliphatic carbocycles. The van der Waals surface area contributed by atoms with E-state index in [1.165, 1.54) is 0 Å². The van der Waals surface area contributed by atoms with E-state index >= 15 is 0 Å². The minimum absolute atomic E-state index is 0. The van der Waals surface area contributed by atoms with Crippen LogP contribution in [0, 0.1) is 10.5 Å². The maximum atomic E-state index is 10.3. The topological polar surface area (TPSA) is 46.2 Å². The zero-order chi connectivity index (χ0) is 9.14. The normalized spacial score (nSPS) is 9.46. The summed E-state index contributed by atoms with van der Waals surface area (Å²) >= 11 is 2.16. The van der Waals surface area contributed by atoms with Crippen LogP contribution < -0.4 is 4.72 Å². The van der Waals surface area contributed by atoms with Crippen molar-refractivity contribution in [3.05, 3.63) is 27.3 Å². The maximum Gasteiger partial charge on any atom is 0.222 e. The van der Waals surface area contributed by atoms with E-state index in [0.29, 0.717) is 5.69 Å². The first kappa shape index (κ1) is 13.7. The quantitative estimate of drug-likeness (QED) is 0.488. The molecule has 1 aromatic carbocycles. The van der Waals surface area contributed by atoms with Crippen LogP contribution >= 0.6 is 22.6 Å². The van der Waals surface area contributed by atoms with Crippen LogP contribution in [0.3, 0.4) is 0 Å². The molecule has 0 fully saturated rings. The van der Waals surface area contributed by atoms with Crippen molar-refractivity contribution in [1.29, 1.82) is 0 Å². The molecular weight excluding hydrogens is 312 g/mol. The third kappa shape index (κ3) is 4.64. The average molecular weight is 320 g/mol. The summed E-state index contributed by atoms with van der Waals surface area (Å²) in [7, 11) is -2.55. The number of anilines is 1. The Kier molecular flexibility index (Phi) is 6.57. The minimum Gasteiger partial charge on any atom is -0.286 e. The van der Waals surface area contributed by atoms with Gasteiger partial charge in [-0.25, -0.2) is 8.42 Å². The first-order valence-electron chi connectivity index (χ1n) is 3.27. The molecule has 0 aliphatic rings. The van der Waals surface area contributed by atoms with Gasteiger partial charge in [0, 0.05) is 38.8 Å². The molecular formula is C7H8INNaO2S. The molecule has 13 heavy (non-hydrogen) atoms. The molecule has 6 heteroatoms. The number of nitrogens with one attached hydrogen (secondary N) is 1. The molecule has 0 unspecified atom stereocenters. The SMILES string of the molecule is Cc1ccc(N[SH](=O)=O)cc1I.[Na]. The molecule has 0 aliphatic heterocycles. The van der Waals surface area contributed by atoms with E-state index in [4.69, 9.17) is 0 Å². The third-order valence-electron chi connectivity index (χ3n) is 1.39. The molecule has 0 amide bonds. The maximum absolute atomic E-state index is 10.3. The minimum atomic E-state index is -2.55. The van der Waals surface area contributed by atoms with Gasteiger partial charge in [0.05, 0.1) is 0 Å². The Labute approximate surface area is 115 Å². The van der Waals surface area contributed by atoms with Crippen LogP contribution in [0.25, 0.3) is 0 Å².